The van der Waals surface area contributed by atoms with Crippen LogP contribution in [0.3, 0.4) is 0 Å². The first-order chi connectivity index (χ1) is 16.7. The van der Waals surface area contributed by atoms with Crippen LogP contribution in [0.5, 0.6) is 5.75 Å². The summed E-state index contributed by atoms with van der Waals surface area (Å²) in [4.78, 5) is 0. The quantitative estimate of drug-likeness (QED) is 0.116. The molecule has 0 saturated heterocycles. The summed E-state index contributed by atoms with van der Waals surface area (Å²) in [5.74, 6) is 0.900. The van der Waals surface area contributed by atoms with Crippen LogP contribution in [0.2, 0.25) is 19.6 Å². The van der Waals surface area contributed by atoms with Crippen LogP contribution < -0.4 is 4.74 Å². The van der Waals surface area contributed by atoms with E-state index in [4.69, 9.17) is 26.2 Å². The standard InChI is InChI=1S/C17H19O2Si.C9H7.C3H6.2ClH.Zr/c1-20(2,3)19-12-18-17-10-6-9-15-14-8-5-4-7-13(14)11-16(15)17;1-2-5-9-7-3-6-8(9)4-1;1-3-2;;;/h4-11H,12H2,1-3H3;1-7H;1-2H3;2*1H;/q2*-1;;;;+2/p-2. The molecule has 5 rings (SSSR count). The first-order valence-electron chi connectivity index (χ1n) is 11.6. The van der Waals surface area contributed by atoms with E-state index in [0.29, 0.717) is 6.79 Å². The van der Waals surface area contributed by atoms with Gasteiger partial charge in [-0.15, -0.1) is 57.9 Å². The molecular formula is C29H32Cl2O2SiZr-2. The molecule has 0 amide bonds. The molecule has 0 aliphatic rings. The van der Waals surface area contributed by atoms with Gasteiger partial charge in [0.05, 0.1) is 5.75 Å². The van der Waals surface area contributed by atoms with Crippen molar-refractivity contribution in [2.75, 3.05) is 6.79 Å². The summed E-state index contributed by atoms with van der Waals surface area (Å²) >= 11 is -1.84. The van der Waals surface area contributed by atoms with E-state index in [2.05, 4.69) is 98.5 Å². The van der Waals surface area contributed by atoms with Gasteiger partial charge >= 0.3 is 53.0 Å². The number of fused-ring (bicyclic) bond motifs is 4. The van der Waals surface area contributed by atoms with Crippen molar-refractivity contribution in [1.82, 2.24) is 0 Å². The number of hydrogen-bond donors (Lipinski definition) is 0. The molecule has 0 unspecified atom stereocenters. The summed E-state index contributed by atoms with van der Waals surface area (Å²) < 4.78 is 12.8. The van der Waals surface area contributed by atoms with Crippen molar-refractivity contribution >= 4 is 60.9 Å². The summed E-state index contributed by atoms with van der Waals surface area (Å²) in [5, 5.41) is 7.60. The Balaban J connectivity index is 0.000000187. The molecule has 0 aliphatic carbocycles. The average Bonchev–Trinajstić information content (AvgIpc) is 3.44. The van der Waals surface area contributed by atoms with Crippen LogP contribution in [0.25, 0.3) is 32.3 Å². The number of benzene rings is 3. The third-order valence-corrected chi connectivity index (χ3v) is 12.6. The van der Waals surface area contributed by atoms with E-state index in [9.17, 15) is 0 Å². The number of ether oxygens (including phenoxy) is 1. The Labute approximate surface area is 224 Å². The van der Waals surface area contributed by atoms with Gasteiger partial charge in [-0.25, -0.2) is 0 Å². The summed E-state index contributed by atoms with van der Waals surface area (Å²) in [5.41, 5.74) is 0. The van der Waals surface area contributed by atoms with E-state index >= 15 is 0 Å². The molecule has 0 spiro atoms. The Morgan fingerprint density at radius 3 is 2.11 bits per heavy atom. The van der Waals surface area contributed by atoms with Crippen LogP contribution in [0.4, 0.5) is 0 Å². The van der Waals surface area contributed by atoms with Crippen LogP contribution in [0.1, 0.15) is 13.8 Å². The third kappa shape index (κ3) is 8.51. The Bertz CT molecular complexity index is 1360. The molecule has 35 heavy (non-hydrogen) atoms. The molecule has 184 valence electrons. The predicted octanol–water partition coefficient (Wildman–Crippen LogP) is 9.58. The van der Waals surface area contributed by atoms with Gasteiger partial charge in [-0.1, -0.05) is 47.9 Å². The minimum absolute atomic E-state index is 0.330. The van der Waals surface area contributed by atoms with E-state index in [1.165, 1.54) is 30.1 Å². The molecule has 5 aromatic carbocycles. The normalized spacial score (nSPS) is 10.9. The maximum Gasteiger partial charge on any atom is 0.188 e. The van der Waals surface area contributed by atoms with E-state index in [1.54, 1.807) is 0 Å². The topological polar surface area (TPSA) is 18.5 Å². The molecule has 0 saturated carbocycles. The van der Waals surface area contributed by atoms with Crippen molar-refractivity contribution < 1.29 is 28.0 Å². The molecule has 0 fully saturated rings. The fourth-order valence-corrected chi connectivity index (χ4v) is 3.83. The molecular weight excluding hydrogens is 571 g/mol. The van der Waals surface area contributed by atoms with Gasteiger partial charge in [0.25, 0.3) is 0 Å². The molecule has 6 heteroatoms. The van der Waals surface area contributed by atoms with Crippen molar-refractivity contribution in [3.05, 3.63) is 91.0 Å². The average molecular weight is 603 g/mol. The van der Waals surface area contributed by atoms with E-state index in [0.717, 1.165) is 11.1 Å². The van der Waals surface area contributed by atoms with Gasteiger partial charge in [-0.2, -0.15) is 17.5 Å². The van der Waals surface area contributed by atoms with Crippen LogP contribution in [-0.4, -0.2) is 18.3 Å². The number of rotatable bonds is 4. The maximum absolute atomic E-state index is 5.84. The van der Waals surface area contributed by atoms with Crippen LogP contribution in [0, 0.1) is 0 Å². The number of hydrogen-bond acceptors (Lipinski definition) is 2. The molecule has 0 radical (unpaired) electrons. The predicted molar refractivity (Wildman–Crippen MR) is 155 cm³/mol. The monoisotopic (exact) mass is 600 g/mol. The third-order valence-electron chi connectivity index (χ3n) is 5.25. The van der Waals surface area contributed by atoms with Crippen molar-refractivity contribution in [3.63, 3.8) is 0 Å². The zero-order valence-corrected chi connectivity index (χ0v) is 25.9. The first-order valence-corrected chi connectivity index (χ1v) is 22.6. The fraction of sp³-hybridized carbons (Fsp3) is 0.207. The molecule has 5 aromatic rings. The molecule has 2 nitrogen and oxygen atoms in total. The van der Waals surface area contributed by atoms with Crippen molar-refractivity contribution in [2.45, 2.75) is 33.5 Å². The van der Waals surface area contributed by atoms with Crippen LogP contribution in [-0.2, 0) is 23.3 Å². The van der Waals surface area contributed by atoms with Gasteiger partial charge in [0.1, 0.15) is 0 Å². The second-order valence-corrected chi connectivity index (χ2v) is 23.3. The van der Waals surface area contributed by atoms with Gasteiger partial charge < -0.3 is 9.16 Å². The van der Waals surface area contributed by atoms with Gasteiger partial charge in [-0.3, -0.25) is 0 Å². The van der Waals surface area contributed by atoms with E-state index in [-0.39, 0.29) is 0 Å². The summed E-state index contributed by atoms with van der Waals surface area (Å²) in [6, 6.07) is 31.5. The molecule has 0 atom stereocenters. The van der Waals surface area contributed by atoms with Gasteiger partial charge in [-0.05, 0) is 19.6 Å². The Hall–Kier alpha value is -1.55. The maximum atomic E-state index is 5.84. The molecule has 0 N–H and O–H groups in total. The van der Waals surface area contributed by atoms with Crippen LogP contribution in [0.15, 0.2) is 91.0 Å². The minimum atomic E-state index is -1.84. The Morgan fingerprint density at radius 1 is 0.829 bits per heavy atom. The first kappa shape index (κ1) is 28.0. The van der Waals surface area contributed by atoms with Crippen molar-refractivity contribution in [1.29, 1.82) is 0 Å². The molecule has 0 aromatic heterocycles. The van der Waals surface area contributed by atoms with Crippen molar-refractivity contribution in [3.8, 4) is 5.75 Å². The molecule has 0 heterocycles. The summed E-state index contributed by atoms with van der Waals surface area (Å²) in [6.07, 6.45) is 0. The second kappa shape index (κ2) is 13.1. The van der Waals surface area contributed by atoms with Gasteiger partial charge in [0.2, 0.25) is 0 Å². The Kier molecular flexibility index (Phi) is 10.5. The van der Waals surface area contributed by atoms with Crippen LogP contribution >= 0.6 is 17.0 Å². The smallest absolute Gasteiger partial charge is 0.188 e. The zero-order valence-electron chi connectivity index (χ0n) is 20.9. The molecule has 0 aliphatic heterocycles. The fourth-order valence-electron chi connectivity index (χ4n) is 3.42. The summed E-state index contributed by atoms with van der Waals surface area (Å²) in [6.45, 7) is 10.8. The van der Waals surface area contributed by atoms with Gasteiger partial charge in [0.15, 0.2) is 15.1 Å². The van der Waals surface area contributed by atoms with E-state index in [1.807, 2.05) is 26.0 Å². The zero-order chi connectivity index (χ0) is 25.4. The second-order valence-electron chi connectivity index (χ2n) is 9.38. The SMILES string of the molecule is C[C](C)=[Zr]([Cl])[Cl].C[Si](C)(C)OCOc1cccc2c1[cH-]c1ccccc12.c1ccc2[cH-]ccc2c1. The van der Waals surface area contributed by atoms with Crippen molar-refractivity contribution in [2.24, 2.45) is 0 Å². The van der Waals surface area contributed by atoms with Gasteiger partial charge in [0, 0.05) is 0 Å². The largest absolute Gasteiger partial charge is 0.504 e. The Morgan fingerprint density at radius 2 is 1.46 bits per heavy atom. The number of halogens is 2. The summed E-state index contributed by atoms with van der Waals surface area (Å²) in [7, 11) is 9.54. The minimum Gasteiger partial charge on any atom is -0.504 e. The van der Waals surface area contributed by atoms with E-state index < -0.39 is 27.2 Å². The molecule has 0 bridgehead atoms.